The fourth-order valence-electron chi connectivity index (χ4n) is 3.15. The molecule has 1 amide bonds. The first-order valence-corrected chi connectivity index (χ1v) is 9.87. The van der Waals surface area contributed by atoms with Crippen LogP contribution < -0.4 is 0 Å². The monoisotopic (exact) mass is 352 g/mol. The highest BCUT2D eigenvalue weighted by Crippen LogP contribution is 2.42. The number of thioether (sulfide) groups is 1. The lowest BCUT2D eigenvalue weighted by Gasteiger charge is -2.26. The topological polar surface area (TPSA) is 33.2 Å². The summed E-state index contributed by atoms with van der Waals surface area (Å²) in [6.07, 6.45) is 8.96. The molecule has 1 fully saturated rings. The van der Waals surface area contributed by atoms with Gasteiger partial charge in [-0.1, -0.05) is 56.7 Å². The van der Waals surface area contributed by atoms with Crippen LogP contribution in [0.5, 0.6) is 0 Å². The lowest BCUT2D eigenvalue weighted by atomic mass is 10.00. The maximum atomic E-state index is 12.4. The minimum Gasteiger partial charge on any atom is -0.326 e. The van der Waals surface area contributed by atoms with Crippen LogP contribution in [0.4, 0.5) is 0 Å². The summed E-state index contributed by atoms with van der Waals surface area (Å²) in [7, 11) is 0. The van der Waals surface area contributed by atoms with Gasteiger partial charge in [0.25, 0.3) is 0 Å². The molecule has 0 bridgehead atoms. The second-order valence-electron chi connectivity index (χ2n) is 6.25. The molecule has 1 aliphatic heterocycles. The average molecular weight is 353 g/mol. The number of carbonyl (C=O) groups is 1. The molecule has 1 aliphatic rings. The van der Waals surface area contributed by atoms with E-state index in [0.29, 0.717) is 5.75 Å². The van der Waals surface area contributed by atoms with Crippen LogP contribution in [0.25, 0.3) is 17.2 Å². The summed E-state index contributed by atoms with van der Waals surface area (Å²) in [5.41, 5.74) is 4.50. The molecule has 1 aromatic carbocycles. The van der Waals surface area contributed by atoms with E-state index in [4.69, 9.17) is 0 Å². The first kappa shape index (κ1) is 17.7. The van der Waals surface area contributed by atoms with Crippen LogP contribution >= 0.6 is 11.8 Å². The summed E-state index contributed by atoms with van der Waals surface area (Å²) >= 11 is 1.72. The van der Waals surface area contributed by atoms with Crippen molar-refractivity contribution >= 4 is 23.7 Å². The zero-order valence-electron chi connectivity index (χ0n) is 14.6. The summed E-state index contributed by atoms with van der Waals surface area (Å²) in [5, 5.41) is 0.0847. The Morgan fingerprint density at radius 3 is 2.80 bits per heavy atom. The summed E-state index contributed by atoms with van der Waals surface area (Å²) in [6, 6.07) is 10.4. The van der Waals surface area contributed by atoms with Gasteiger partial charge in [-0.25, -0.2) is 0 Å². The fraction of sp³-hybridized carbons (Fsp3) is 0.333. The van der Waals surface area contributed by atoms with Gasteiger partial charge in [0.15, 0.2) is 0 Å². The molecule has 2 aromatic rings. The number of hydrogen-bond donors (Lipinski definition) is 0. The van der Waals surface area contributed by atoms with Gasteiger partial charge < -0.3 is 4.90 Å². The number of aromatic nitrogens is 1. The summed E-state index contributed by atoms with van der Waals surface area (Å²) in [6.45, 7) is 6.83. The molecule has 1 atom stereocenters. The van der Waals surface area contributed by atoms with Gasteiger partial charge in [0.05, 0.1) is 5.75 Å². The molecule has 0 spiro atoms. The van der Waals surface area contributed by atoms with Gasteiger partial charge in [-0.2, -0.15) is 0 Å². The molecule has 1 saturated heterocycles. The number of unbranched alkanes of at least 4 members (excludes halogenated alkanes) is 2. The van der Waals surface area contributed by atoms with Crippen molar-refractivity contribution in [2.75, 3.05) is 12.3 Å². The minimum atomic E-state index is 0.0847. The standard InChI is InChI=1S/C21H24N2OS/c1-3-5-6-13-23-20(24)15-25-21(23)18-11-12-22-14-19(18)17-9-7-16(4-2)8-10-17/h4,7-12,14,21H,2-3,5-6,13,15H2,1H3. The zero-order valence-corrected chi connectivity index (χ0v) is 15.5. The Morgan fingerprint density at radius 1 is 1.28 bits per heavy atom. The first-order valence-electron chi connectivity index (χ1n) is 8.82. The van der Waals surface area contributed by atoms with Crippen molar-refractivity contribution in [1.29, 1.82) is 0 Å². The molecule has 3 rings (SSSR count). The molecular formula is C21H24N2OS. The zero-order chi connectivity index (χ0) is 17.6. The third kappa shape index (κ3) is 3.96. The first-order chi connectivity index (χ1) is 12.2. The van der Waals surface area contributed by atoms with Crippen LogP contribution in [0.2, 0.25) is 0 Å². The van der Waals surface area contributed by atoms with E-state index in [1.54, 1.807) is 11.8 Å². The van der Waals surface area contributed by atoms with E-state index in [9.17, 15) is 4.79 Å². The molecule has 130 valence electrons. The van der Waals surface area contributed by atoms with Crippen LogP contribution in [0.3, 0.4) is 0 Å². The van der Waals surface area contributed by atoms with Gasteiger partial charge >= 0.3 is 0 Å². The third-order valence-electron chi connectivity index (χ3n) is 4.55. The molecule has 3 nitrogen and oxygen atoms in total. The number of pyridine rings is 1. The predicted octanol–water partition coefficient (Wildman–Crippen LogP) is 5.16. The summed E-state index contributed by atoms with van der Waals surface area (Å²) in [5.74, 6) is 0.810. The van der Waals surface area contributed by atoms with Crippen molar-refractivity contribution in [2.24, 2.45) is 0 Å². The Hall–Kier alpha value is -2.07. The smallest absolute Gasteiger partial charge is 0.233 e. The Bertz CT molecular complexity index is 742. The number of rotatable bonds is 7. The van der Waals surface area contributed by atoms with E-state index in [-0.39, 0.29) is 11.3 Å². The van der Waals surface area contributed by atoms with Crippen LogP contribution in [0, 0.1) is 0 Å². The lowest BCUT2D eigenvalue weighted by molar-refractivity contribution is -0.128. The molecule has 2 heterocycles. The minimum absolute atomic E-state index is 0.0847. The average Bonchev–Trinajstić information content (AvgIpc) is 3.03. The van der Waals surface area contributed by atoms with Crippen LogP contribution in [-0.2, 0) is 4.79 Å². The molecule has 1 unspecified atom stereocenters. The van der Waals surface area contributed by atoms with E-state index < -0.39 is 0 Å². The van der Waals surface area contributed by atoms with Crippen LogP contribution in [0.1, 0.15) is 42.7 Å². The highest BCUT2D eigenvalue weighted by atomic mass is 32.2. The number of benzene rings is 1. The van der Waals surface area contributed by atoms with E-state index in [0.717, 1.165) is 42.5 Å². The van der Waals surface area contributed by atoms with Crippen LogP contribution in [-0.4, -0.2) is 28.1 Å². The molecule has 0 saturated carbocycles. The van der Waals surface area contributed by atoms with Crippen molar-refractivity contribution in [3.8, 4) is 11.1 Å². The highest BCUT2D eigenvalue weighted by Gasteiger charge is 2.33. The Kier molecular flexibility index (Phi) is 5.92. The normalized spacial score (nSPS) is 17.1. The number of amides is 1. The predicted molar refractivity (Wildman–Crippen MR) is 106 cm³/mol. The molecular weight excluding hydrogens is 328 g/mol. The quantitative estimate of drug-likeness (QED) is 0.646. The molecule has 0 N–H and O–H groups in total. The van der Waals surface area contributed by atoms with E-state index in [1.807, 2.05) is 23.4 Å². The Balaban J connectivity index is 1.91. The molecule has 1 aromatic heterocycles. The van der Waals surface area contributed by atoms with Crippen molar-refractivity contribution < 1.29 is 4.79 Å². The molecule has 0 aliphatic carbocycles. The summed E-state index contributed by atoms with van der Waals surface area (Å²) in [4.78, 5) is 18.7. The molecule has 25 heavy (non-hydrogen) atoms. The highest BCUT2D eigenvalue weighted by molar-refractivity contribution is 8.00. The maximum absolute atomic E-state index is 12.4. The largest absolute Gasteiger partial charge is 0.326 e. The Morgan fingerprint density at radius 2 is 2.08 bits per heavy atom. The van der Waals surface area contributed by atoms with Crippen molar-refractivity contribution in [3.63, 3.8) is 0 Å². The summed E-state index contributed by atoms with van der Waals surface area (Å²) < 4.78 is 0. The van der Waals surface area contributed by atoms with Gasteiger partial charge in [0.1, 0.15) is 5.37 Å². The third-order valence-corrected chi connectivity index (χ3v) is 5.79. The number of carbonyl (C=O) groups excluding carboxylic acids is 1. The van der Waals surface area contributed by atoms with Gasteiger partial charge in [-0.05, 0) is 29.2 Å². The number of nitrogens with zero attached hydrogens (tertiary/aromatic N) is 2. The van der Waals surface area contributed by atoms with Crippen molar-refractivity contribution in [3.05, 3.63) is 60.4 Å². The lowest BCUT2D eigenvalue weighted by Crippen LogP contribution is -2.29. The maximum Gasteiger partial charge on any atom is 0.233 e. The van der Waals surface area contributed by atoms with Gasteiger partial charge in [-0.3, -0.25) is 9.78 Å². The van der Waals surface area contributed by atoms with Gasteiger partial charge in [-0.15, -0.1) is 11.8 Å². The van der Waals surface area contributed by atoms with Crippen molar-refractivity contribution in [2.45, 2.75) is 31.6 Å². The molecule has 4 heteroatoms. The SMILES string of the molecule is C=Cc1ccc(-c2cnccc2C2SCC(=O)N2CCCCC)cc1. The van der Waals surface area contributed by atoms with Crippen molar-refractivity contribution in [1.82, 2.24) is 9.88 Å². The van der Waals surface area contributed by atoms with E-state index in [2.05, 4.69) is 48.8 Å². The van der Waals surface area contributed by atoms with Gasteiger partial charge in [0, 0.05) is 24.5 Å². The Labute approximate surface area is 154 Å². The second kappa shape index (κ2) is 8.34. The van der Waals surface area contributed by atoms with Crippen LogP contribution in [0.15, 0.2) is 49.3 Å². The fourth-order valence-corrected chi connectivity index (χ4v) is 4.40. The van der Waals surface area contributed by atoms with E-state index in [1.165, 1.54) is 5.56 Å². The van der Waals surface area contributed by atoms with Gasteiger partial charge in [0.2, 0.25) is 5.91 Å². The molecule has 0 radical (unpaired) electrons. The second-order valence-corrected chi connectivity index (χ2v) is 7.32. The van der Waals surface area contributed by atoms with E-state index >= 15 is 0 Å². The number of hydrogen-bond acceptors (Lipinski definition) is 3.